The predicted octanol–water partition coefficient (Wildman–Crippen LogP) is 0.259. The van der Waals surface area contributed by atoms with Crippen LogP contribution in [0.5, 0.6) is 0 Å². The molecule has 0 unspecified atom stereocenters. The van der Waals surface area contributed by atoms with Gasteiger partial charge in [-0.25, -0.2) is 14.8 Å². The second-order valence-electron chi connectivity index (χ2n) is 2.10. The lowest BCUT2D eigenvalue weighted by Gasteiger charge is -1.97. The molecule has 0 saturated carbocycles. The molecule has 0 aromatic carbocycles. The minimum atomic E-state index is -1.08. The zero-order valence-corrected chi connectivity index (χ0v) is 7.49. The zero-order chi connectivity index (χ0) is 9.68. The highest BCUT2D eigenvalue weighted by Crippen LogP contribution is 2.11. The third kappa shape index (κ3) is 3.00. The van der Waals surface area contributed by atoms with E-state index in [4.69, 9.17) is 10.2 Å². The van der Waals surface area contributed by atoms with Crippen molar-refractivity contribution >= 4 is 17.7 Å². The summed E-state index contributed by atoms with van der Waals surface area (Å²) in [6, 6.07) is 1.32. The summed E-state index contributed by atoms with van der Waals surface area (Å²) >= 11 is 1.22. The number of rotatable bonds is 4. The molecule has 13 heavy (non-hydrogen) atoms. The Hall–Kier alpha value is -1.14. The van der Waals surface area contributed by atoms with Crippen LogP contribution in [-0.2, 0) is 0 Å². The minimum Gasteiger partial charge on any atom is -0.477 e. The van der Waals surface area contributed by atoms with Crippen molar-refractivity contribution in [1.29, 1.82) is 0 Å². The molecule has 1 heterocycles. The standard InChI is InChI=1S/C7H8N2O3S/c10-3-4-13-7-8-2-1-5(9-7)6(11)12/h1-2,10H,3-4H2,(H,11,12). The first-order valence-corrected chi connectivity index (χ1v) is 4.52. The molecule has 0 fully saturated rings. The quantitative estimate of drug-likeness (QED) is 0.535. The highest BCUT2D eigenvalue weighted by molar-refractivity contribution is 7.99. The van der Waals surface area contributed by atoms with E-state index in [9.17, 15) is 4.79 Å². The van der Waals surface area contributed by atoms with Crippen molar-refractivity contribution in [3.8, 4) is 0 Å². The number of aliphatic hydroxyl groups excluding tert-OH is 1. The number of hydrogen-bond donors (Lipinski definition) is 2. The number of carboxylic acid groups (broad SMARTS) is 1. The van der Waals surface area contributed by atoms with Gasteiger partial charge in [-0.05, 0) is 6.07 Å². The van der Waals surface area contributed by atoms with Crippen LogP contribution in [0.2, 0.25) is 0 Å². The van der Waals surface area contributed by atoms with Gasteiger partial charge in [0.25, 0.3) is 0 Å². The number of aromatic nitrogens is 2. The molecule has 0 atom stereocenters. The van der Waals surface area contributed by atoms with E-state index in [0.29, 0.717) is 10.9 Å². The number of carboxylic acids is 1. The lowest BCUT2D eigenvalue weighted by Crippen LogP contribution is -2.02. The summed E-state index contributed by atoms with van der Waals surface area (Å²) in [5.41, 5.74) is -0.0320. The van der Waals surface area contributed by atoms with E-state index in [1.165, 1.54) is 24.0 Å². The fourth-order valence-electron chi connectivity index (χ4n) is 0.666. The van der Waals surface area contributed by atoms with E-state index in [1.54, 1.807) is 0 Å². The normalized spacial score (nSPS) is 9.92. The highest BCUT2D eigenvalue weighted by Gasteiger charge is 2.05. The van der Waals surface area contributed by atoms with Crippen LogP contribution in [0.4, 0.5) is 0 Å². The third-order valence-corrected chi connectivity index (χ3v) is 2.02. The Kier molecular flexibility index (Phi) is 3.66. The molecule has 0 aliphatic carbocycles. The van der Waals surface area contributed by atoms with E-state index in [-0.39, 0.29) is 12.3 Å². The molecule has 2 N–H and O–H groups in total. The van der Waals surface area contributed by atoms with Crippen molar-refractivity contribution in [2.75, 3.05) is 12.4 Å². The van der Waals surface area contributed by atoms with Crippen LogP contribution in [0.15, 0.2) is 17.4 Å². The van der Waals surface area contributed by atoms with Crippen molar-refractivity contribution in [3.05, 3.63) is 18.0 Å². The number of nitrogens with zero attached hydrogens (tertiary/aromatic N) is 2. The van der Waals surface area contributed by atoms with Gasteiger partial charge in [0.1, 0.15) is 0 Å². The molecule has 0 spiro atoms. The number of aromatic carboxylic acids is 1. The smallest absolute Gasteiger partial charge is 0.354 e. The van der Waals surface area contributed by atoms with Crippen molar-refractivity contribution in [1.82, 2.24) is 9.97 Å². The third-order valence-electron chi connectivity index (χ3n) is 1.18. The van der Waals surface area contributed by atoms with E-state index in [2.05, 4.69) is 9.97 Å². The zero-order valence-electron chi connectivity index (χ0n) is 6.67. The van der Waals surface area contributed by atoms with Gasteiger partial charge in [-0.1, -0.05) is 11.8 Å². The van der Waals surface area contributed by atoms with Crippen molar-refractivity contribution < 1.29 is 15.0 Å². The van der Waals surface area contributed by atoms with Gasteiger partial charge in [-0.15, -0.1) is 0 Å². The minimum absolute atomic E-state index is 0.0192. The summed E-state index contributed by atoms with van der Waals surface area (Å²) in [5, 5.41) is 17.5. The maximum absolute atomic E-state index is 10.5. The summed E-state index contributed by atoms with van der Waals surface area (Å²) in [6.07, 6.45) is 1.39. The van der Waals surface area contributed by atoms with Gasteiger partial charge in [0.15, 0.2) is 10.9 Å². The van der Waals surface area contributed by atoms with Gasteiger partial charge in [-0.3, -0.25) is 0 Å². The molecular weight excluding hydrogens is 192 g/mol. The molecule has 1 rings (SSSR count). The molecular formula is C7H8N2O3S. The monoisotopic (exact) mass is 200 g/mol. The highest BCUT2D eigenvalue weighted by atomic mass is 32.2. The first kappa shape index (κ1) is 9.94. The van der Waals surface area contributed by atoms with Gasteiger partial charge in [0.05, 0.1) is 6.61 Å². The Morgan fingerprint density at radius 1 is 1.62 bits per heavy atom. The molecule has 0 aliphatic rings. The Labute approximate surface area is 78.8 Å². The topological polar surface area (TPSA) is 83.3 Å². The number of thioether (sulfide) groups is 1. The molecule has 1 aromatic heterocycles. The summed E-state index contributed by atoms with van der Waals surface area (Å²) in [7, 11) is 0. The van der Waals surface area contributed by atoms with Crippen LogP contribution in [0.25, 0.3) is 0 Å². The Bertz CT molecular complexity index is 306. The second-order valence-corrected chi connectivity index (χ2v) is 3.16. The Morgan fingerprint density at radius 3 is 3.00 bits per heavy atom. The van der Waals surface area contributed by atoms with Crippen LogP contribution in [0.1, 0.15) is 10.5 Å². The van der Waals surface area contributed by atoms with Gasteiger partial charge >= 0.3 is 5.97 Å². The lowest BCUT2D eigenvalue weighted by molar-refractivity contribution is 0.0689. The average molecular weight is 200 g/mol. The molecule has 0 bridgehead atoms. The number of carbonyl (C=O) groups is 1. The van der Waals surface area contributed by atoms with Crippen LogP contribution >= 0.6 is 11.8 Å². The Balaban J connectivity index is 2.73. The van der Waals surface area contributed by atoms with Gasteiger partial charge in [-0.2, -0.15) is 0 Å². The van der Waals surface area contributed by atoms with Gasteiger partial charge in [0.2, 0.25) is 0 Å². The molecule has 0 amide bonds. The van der Waals surface area contributed by atoms with Crippen LogP contribution in [0.3, 0.4) is 0 Å². The van der Waals surface area contributed by atoms with E-state index >= 15 is 0 Å². The molecule has 0 aliphatic heterocycles. The number of aliphatic hydroxyl groups is 1. The average Bonchev–Trinajstić information content (AvgIpc) is 2.15. The van der Waals surface area contributed by atoms with Crippen molar-refractivity contribution in [2.24, 2.45) is 0 Å². The largest absolute Gasteiger partial charge is 0.477 e. The van der Waals surface area contributed by atoms with Crippen molar-refractivity contribution in [2.45, 2.75) is 5.16 Å². The molecule has 0 radical (unpaired) electrons. The summed E-state index contributed by atoms with van der Waals surface area (Å²) in [6.45, 7) is 0.0192. The van der Waals surface area contributed by atoms with Crippen LogP contribution in [-0.4, -0.2) is 38.5 Å². The molecule has 6 heteroatoms. The van der Waals surface area contributed by atoms with Gasteiger partial charge in [0, 0.05) is 11.9 Å². The SMILES string of the molecule is O=C(O)c1ccnc(SCCO)n1. The maximum Gasteiger partial charge on any atom is 0.354 e. The summed E-state index contributed by atoms with van der Waals surface area (Å²) in [5.74, 6) is -0.614. The summed E-state index contributed by atoms with van der Waals surface area (Å²) < 4.78 is 0. The lowest BCUT2D eigenvalue weighted by atomic mass is 10.4. The fraction of sp³-hybridized carbons (Fsp3) is 0.286. The first-order valence-electron chi connectivity index (χ1n) is 3.54. The molecule has 1 aromatic rings. The van der Waals surface area contributed by atoms with Crippen molar-refractivity contribution in [3.63, 3.8) is 0 Å². The fourth-order valence-corrected chi connectivity index (χ4v) is 1.24. The first-order chi connectivity index (χ1) is 6.24. The second kappa shape index (κ2) is 4.78. The van der Waals surface area contributed by atoms with Crippen LogP contribution < -0.4 is 0 Å². The summed E-state index contributed by atoms with van der Waals surface area (Å²) in [4.78, 5) is 18.1. The van der Waals surface area contributed by atoms with E-state index in [1.807, 2.05) is 0 Å². The van der Waals surface area contributed by atoms with E-state index in [0.717, 1.165) is 0 Å². The van der Waals surface area contributed by atoms with E-state index < -0.39 is 5.97 Å². The molecule has 70 valence electrons. The molecule has 5 nitrogen and oxygen atoms in total. The predicted molar refractivity (Wildman–Crippen MR) is 46.8 cm³/mol. The molecule has 0 saturated heterocycles. The van der Waals surface area contributed by atoms with Gasteiger partial charge < -0.3 is 10.2 Å². The Morgan fingerprint density at radius 2 is 2.38 bits per heavy atom. The maximum atomic E-state index is 10.5. The van der Waals surface area contributed by atoms with Crippen LogP contribution in [0, 0.1) is 0 Å². The number of hydrogen-bond acceptors (Lipinski definition) is 5.